The van der Waals surface area contributed by atoms with E-state index in [9.17, 15) is 0 Å². The van der Waals surface area contributed by atoms with Crippen molar-refractivity contribution in [3.05, 3.63) is 0 Å². The fourth-order valence-electron chi connectivity index (χ4n) is 0. The molecule has 1 atom stereocenters. The highest BCUT2D eigenvalue weighted by Crippen LogP contribution is 1.62. The Labute approximate surface area is 39.0 Å². The van der Waals surface area contributed by atoms with E-state index in [1.54, 1.807) is 6.92 Å². The van der Waals surface area contributed by atoms with Crippen LogP contribution in [0.4, 0.5) is 0 Å². The van der Waals surface area contributed by atoms with Gasteiger partial charge in [-0.2, -0.15) is 0 Å². The monoisotopic (exact) mass is 91.1 g/mol. The van der Waals surface area contributed by atoms with Crippen LogP contribution in [0.15, 0.2) is 0 Å². The summed E-state index contributed by atoms with van der Waals surface area (Å²) in [6.07, 6.45) is 0. The third kappa shape index (κ3) is 9.07. The number of hydrogen-bond donors (Lipinski definition) is 2. The van der Waals surface area contributed by atoms with E-state index in [2.05, 4.69) is 0 Å². The normalized spacial score (nSPS) is 12.5. The molecule has 0 spiro atoms. The van der Waals surface area contributed by atoms with Crippen LogP contribution in [-0.4, -0.2) is 17.8 Å². The first kappa shape index (κ1) is 9.33. The van der Waals surface area contributed by atoms with Gasteiger partial charge in [0.05, 0.1) is 6.61 Å². The molecule has 0 aliphatic carbocycles. The smallest absolute Gasteiger partial charge is 0.0579 e. The van der Waals surface area contributed by atoms with Crippen LogP contribution in [0, 0.1) is 0 Å². The Kier molecular flexibility index (Phi) is 7.65. The molecule has 0 aliphatic rings. The van der Waals surface area contributed by atoms with E-state index in [0.29, 0.717) is 0 Å². The molecule has 0 bridgehead atoms. The molecule has 0 heterocycles. The molecule has 0 aromatic carbocycles. The summed E-state index contributed by atoms with van der Waals surface area (Å²) in [4.78, 5) is 0. The fourth-order valence-corrected chi connectivity index (χ4v) is 0. The van der Waals surface area contributed by atoms with Gasteiger partial charge in [0.1, 0.15) is 0 Å². The zero-order valence-electron chi connectivity index (χ0n) is 3.31. The topological polar surface area (TPSA) is 46.2 Å². The SMILES string of the molecule is C.CC(N)CO. The van der Waals surface area contributed by atoms with Gasteiger partial charge in [-0.15, -0.1) is 0 Å². The van der Waals surface area contributed by atoms with Crippen molar-refractivity contribution in [2.45, 2.75) is 20.4 Å². The predicted octanol–water partition coefficient (Wildman–Crippen LogP) is -0.0380. The fraction of sp³-hybridized carbons (Fsp3) is 1.00. The van der Waals surface area contributed by atoms with Gasteiger partial charge >= 0.3 is 0 Å². The lowest BCUT2D eigenvalue weighted by molar-refractivity contribution is 0.273. The van der Waals surface area contributed by atoms with E-state index in [4.69, 9.17) is 10.8 Å². The molecule has 6 heavy (non-hydrogen) atoms. The van der Waals surface area contributed by atoms with Crippen LogP contribution in [0.5, 0.6) is 0 Å². The zero-order chi connectivity index (χ0) is 4.28. The molecule has 3 N–H and O–H groups in total. The van der Waals surface area contributed by atoms with Gasteiger partial charge in [-0.25, -0.2) is 0 Å². The lowest BCUT2D eigenvalue weighted by Crippen LogP contribution is -2.18. The van der Waals surface area contributed by atoms with Crippen molar-refractivity contribution in [3.8, 4) is 0 Å². The molecule has 0 saturated heterocycles. The van der Waals surface area contributed by atoms with Crippen LogP contribution in [-0.2, 0) is 0 Å². The van der Waals surface area contributed by atoms with Crippen molar-refractivity contribution < 1.29 is 5.11 Å². The second-order valence-electron chi connectivity index (χ2n) is 1.16. The third-order valence-corrected chi connectivity index (χ3v) is 0.288. The van der Waals surface area contributed by atoms with Gasteiger partial charge in [-0.3, -0.25) is 0 Å². The van der Waals surface area contributed by atoms with Gasteiger partial charge in [-0.1, -0.05) is 7.43 Å². The van der Waals surface area contributed by atoms with E-state index in [1.807, 2.05) is 0 Å². The highest BCUT2D eigenvalue weighted by molar-refractivity contribution is 4.43. The van der Waals surface area contributed by atoms with Crippen molar-refractivity contribution in [3.63, 3.8) is 0 Å². The Hall–Kier alpha value is -0.0800. The molecule has 0 fully saturated rings. The summed E-state index contributed by atoms with van der Waals surface area (Å²) in [6, 6.07) is -0.0602. The lowest BCUT2D eigenvalue weighted by atomic mass is 10.4. The summed E-state index contributed by atoms with van der Waals surface area (Å²) < 4.78 is 0. The Morgan fingerprint density at radius 2 is 2.00 bits per heavy atom. The van der Waals surface area contributed by atoms with Crippen molar-refractivity contribution in [2.24, 2.45) is 5.73 Å². The van der Waals surface area contributed by atoms with Gasteiger partial charge in [0.25, 0.3) is 0 Å². The molecule has 2 nitrogen and oxygen atoms in total. The van der Waals surface area contributed by atoms with E-state index >= 15 is 0 Å². The average Bonchev–Trinajstić information content (AvgIpc) is 1.38. The van der Waals surface area contributed by atoms with Crippen molar-refractivity contribution in [1.29, 1.82) is 0 Å². The summed E-state index contributed by atoms with van der Waals surface area (Å²) >= 11 is 0. The molecule has 0 rings (SSSR count). The second-order valence-corrected chi connectivity index (χ2v) is 1.16. The average molecular weight is 91.2 g/mol. The first-order valence-corrected chi connectivity index (χ1v) is 1.64. The number of hydrogen-bond acceptors (Lipinski definition) is 2. The Morgan fingerprint density at radius 3 is 2.00 bits per heavy atom. The minimum absolute atomic E-state index is 0. The minimum atomic E-state index is -0.0602. The second kappa shape index (κ2) is 4.92. The molecular formula is C4H13NO. The maximum Gasteiger partial charge on any atom is 0.0579 e. The van der Waals surface area contributed by atoms with Crippen molar-refractivity contribution in [2.75, 3.05) is 6.61 Å². The van der Waals surface area contributed by atoms with Gasteiger partial charge in [0.15, 0.2) is 0 Å². The number of aliphatic hydroxyl groups is 1. The van der Waals surface area contributed by atoms with E-state index in [1.165, 1.54) is 0 Å². The highest BCUT2D eigenvalue weighted by Gasteiger charge is 1.81. The van der Waals surface area contributed by atoms with Crippen LogP contribution >= 0.6 is 0 Å². The molecule has 0 radical (unpaired) electrons. The van der Waals surface area contributed by atoms with Crippen molar-refractivity contribution >= 4 is 0 Å². The standard InChI is InChI=1S/C3H9NO.CH4/c1-3(4)2-5;/h3,5H,2,4H2,1H3;1H4. The van der Waals surface area contributed by atoms with Crippen LogP contribution < -0.4 is 5.73 Å². The predicted molar refractivity (Wildman–Crippen MR) is 27.5 cm³/mol. The minimum Gasteiger partial charge on any atom is -0.395 e. The molecule has 0 aromatic rings. The Bertz CT molecular complexity index is 21.5. The van der Waals surface area contributed by atoms with Crippen molar-refractivity contribution in [1.82, 2.24) is 0 Å². The number of rotatable bonds is 1. The summed E-state index contributed by atoms with van der Waals surface area (Å²) in [5.74, 6) is 0. The first-order valence-electron chi connectivity index (χ1n) is 1.64. The molecule has 40 valence electrons. The Morgan fingerprint density at radius 1 is 1.83 bits per heavy atom. The highest BCUT2D eigenvalue weighted by atomic mass is 16.3. The third-order valence-electron chi connectivity index (χ3n) is 0.288. The zero-order valence-corrected chi connectivity index (χ0v) is 3.31. The van der Waals surface area contributed by atoms with Crippen LogP contribution in [0.1, 0.15) is 14.4 Å². The summed E-state index contributed by atoms with van der Waals surface area (Å²) in [5.41, 5.74) is 5.04. The largest absolute Gasteiger partial charge is 0.395 e. The summed E-state index contributed by atoms with van der Waals surface area (Å²) in [6.45, 7) is 1.83. The van der Waals surface area contributed by atoms with Crippen LogP contribution in [0.25, 0.3) is 0 Å². The molecule has 2 heteroatoms. The quantitative estimate of drug-likeness (QED) is 0.475. The van der Waals surface area contributed by atoms with Gasteiger partial charge in [0, 0.05) is 6.04 Å². The van der Waals surface area contributed by atoms with Gasteiger partial charge in [-0.05, 0) is 6.92 Å². The molecule has 1 unspecified atom stereocenters. The molecule has 0 aromatic heterocycles. The molecule has 0 saturated carbocycles. The summed E-state index contributed by atoms with van der Waals surface area (Å²) in [7, 11) is 0. The van der Waals surface area contributed by atoms with Crippen LogP contribution in [0.3, 0.4) is 0 Å². The number of aliphatic hydroxyl groups excluding tert-OH is 1. The molecule has 0 aliphatic heterocycles. The van der Waals surface area contributed by atoms with Crippen LogP contribution in [0.2, 0.25) is 0 Å². The Balaban J connectivity index is 0. The number of nitrogens with two attached hydrogens (primary N) is 1. The molecular weight excluding hydrogens is 78.0 g/mol. The molecule has 0 amide bonds. The summed E-state index contributed by atoms with van der Waals surface area (Å²) in [5, 5.41) is 8.02. The van der Waals surface area contributed by atoms with Gasteiger partial charge in [0.2, 0.25) is 0 Å². The van der Waals surface area contributed by atoms with E-state index in [0.717, 1.165) is 0 Å². The maximum absolute atomic E-state index is 8.02. The van der Waals surface area contributed by atoms with E-state index < -0.39 is 0 Å². The lowest BCUT2D eigenvalue weighted by Gasteiger charge is -1.91. The van der Waals surface area contributed by atoms with E-state index in [-0.39, 0.29) is 20.1 Å². The van der Waals surface area contributed by atoms with Gasteiger partial charge < -0.3 is 10.8 Å². The maximum atomic E-state index is 8.02. The first-order chi connectivity index (χ1) is 2.27.